The molecule has 2 aromatic rings. The number of carbonyl (C=O) groups excluding carboxylic acids is 1. The van der Waals surface area contributed by atoms with Crippen molar-refractivity contribution in [2.45, 2.75) is 52.8 Å². The van der Waals surface area contributed by atoms with Gasteiger partial charge in [-0.2, -0.15) is 0 Å². The molecular weight excluding hydrogens is 513 g/mol. The number of aromatic nitrogens is 1. The van der Waals surface area contributed by atoms with Gasteiger partial charge in [0.1, 0.15) is 10.6 Å². The van der Waals surface area contributed by atoms with Crippen LogP contribution in [0.5, 0.6) is 0 Å². The second-order valence-electron chi connectivity index (χ2n) is 7.55. The Balaban J connectivity index is 0.00000450. The number of aryl methyl sites for hydroxylation is 1. The van der Waals surface area contributed by atoms with Crippen molar-refractivity contribution < 1.29 is 9.53 Å². The van der Waals surface area contributed by atoms with E-state index in [4.69, 9.17) is 4.74 Å². The first-order chi connectivity index (χ1) is 13.8. The van der Waals surface area contributed by atoms with Crippen LogP contribution in [-0.2, 0) is 11.3 Å². The summed E-state index contributed by atoms with van der Waals surface area (Å²) in [5, 5.41) is 10.5. The summed E-state index contributed by atoms with van der Waals surface area (Å²) in [5.41, 5.74) is 0.429. The summed E-state index contributed by atoms with van der Waals surface area (Å²) < 4.78 is 5.42. The Kier molecular flexibility index (Phi) is 11.1. The summed E-state index contributed by atoms with van der Waals surface area (Å²) in [6.45, 7) is 11.3. The fourth-order valence-electron chi connectivity index (χ4n) is 2.55. The number of benzene rings is 1. The lowest BCUT2D eigenvalue weighted by Crippen LogP contribution is -2.44. The monoisotopic (exact) mass is 545 g/mol. The first-order valence-corrected chi connectivity index (χ1v) is 10.6. The summed E-state index contributed by atoms with van der Waals surface area (Å²) in [7, 11) is 0. The van der Waals surface area contributed by atoms with E-state index >= 15 is 0 Å². The van der Waals surface area contributed by atoms with Crippen LogP contribution in [0.3, 0.4) is 0 Å². The van der Waals surface area contributed by atoms with E-state index in [0.29, 0.717) is 19.0 Å². The van der Waals surface area contributed by atoms with Crippen LogP contribution in [-0.4, -0.2) is 35.7 Å². The number of halogens is 1. The van der Waals surface area contributed by atoms with Gasteiger partial charge in [-0.15, -0.1) is 35.3 Å². The van der Waals surface area contributed by atoms with Crippen LogP contribution < -0.4 is 16.0 Å². The van der Waals surface area contributed by atoms with E-state index in [9.17, 15) is 4.79 Å². The van der Waals surface area contributed by atoms with Crippen LogP contribution in [0.1, 0.15) is 49.2 Å². The molecule has 0 saturated carbocycles. The van der Waals surface area contributed by atoms with E-state index in [1.807, 2.05) is 71.1 Å². The van der Waals surface area contributed by atoms with Gasteiger partial charge in [-0.25, -0.2) is 14.8 Å². The highest BCUT2D eigenvalue weighted by atomic mass is 127. The zero-order valence-electron chi connectivity index (χ0n) is 18.2. The predicted molar refractivity (Wildman–Crippen MR) is 134 cm³/mol. The zero-order chi connectivity index (χ0) is 21.3. The van der Waals surface area contributed by atoms with Crippen LogP contribution in [0.25, 0.3) is 0 Å². The minimum absolute atomic E-state index is 0. The fourth-order valence-corrected chi connectivity index (χ4v) is 3.26. The number of hydrogen-bond acceptors (Lipinski definition) is 5. The van der Waals surface area contributed by atoms with Crippen molar-refractivity contribution in [1.29, 1.82) is 0 Å². The van der Waals surface area contributed by atoms with Gasteiger partial charge >= 0.3 is 6.09 Å². The van der Waals surface area contributed by atoms with Gasteiger partial charge < -0.3 is 20.7 Å². The first-order valence-electron chi connectivity index (χ1n) is 9.74. The average molecular weight is 545 g/mol. The number of nitrogens with zero attached hydrogens (tertiary/aromatic N) is 2. The highest BCUT2D eigenvalue weighted by Gasteiger charge is 2.20. The van der Waals surface area contributed by atoms with E-state index in [0.717, 1.165) is 17.1 Å². The quantitative estimate of drug-likeness (QED) is 0.273. The Morgan fingerprint density at radius 3 is 2.50 bits per heavy atom. The maximum absolute atomic E-state index is 12.3. The zero-order valence-corrected chi connectivity index (χ0v) is 21.3. The standard InChI is InChI=1S/C21H31N5O2S.HI/c1-6-22-19(25-14-18-23-12-15(2)29-18)24-13-17(16-10-8-7-9-11-16)26-20(27)28-21(3,4)5;/h7-12,17H,6,13-14H2,1-5H3,(H,26,27)(H2,22,24,25);1H. The predicted octanol–water partition coefficient (Wildman–Crippen LogP) is 4.39. The molecule has 1 heterocycles. The molecule has 1 aromatic heterocycles. The minimum Gasteiger partial charge on any atom is -0.444 e. The van der Waals surface area contributed by atoms with E-state index in [-0.39, 0.29) is 30.0 Å². The molecule has 0 spiro atoms. The van der Waals surface area contributed by atoms with Gasteiger partial charge in [-0.05, 0) is 40.2 Å². The maximum Gasteiger partial charge on any atom is 0.408 e. The molecule has 0 aliphatic carbocycles. The van der Waals surface area contributed by atoms with Gasteiger partial charge in [0.25, 0.3) is 0 Å². The number of guanidine groups is 1. The van der Waals surface area contributed by atoms with Crippen LogP contribution in [0, 0.1) is 6.92 Å². The van der Waals surface area contributed by atoms with Crippen molar-refractivity contribution in [2.24, 2.45) is 4.99 Å². The van der Waals surface area contributed by atoms with Crippen molar-refractivity contribution in [2.75, 3.05) is 13.1 Å². The molecule has 7 nitrogen and oxygen atoms in total. The molecule has 0 aliphatic rings. The molecule has 30 heavy (non-hydrogen) atoms. The first kappa shape index (κ1) is 26.2. The Hall–Kier alpha value is -1.88. The van der Waals surface area contributed by atoms with Gasteiger partial charge in [-0.1, -0.05) is 30.3 Å². The largest absolute Gasteiger partial charge is 0.444 e. The lowest BCUT2D eigenvalue weighted by atomic mass is 10.1. The summed E-state index contributed by atoms with van der Waals surface area (Å²) in [6, 6.07) is 9.53. The van der Waals surface area contributed by atoms with Gasteiger partial charge in [-0.3, -0.25) is 0 Å². The fraction of sp³-hybridized carbons (Fsp3) is 0.476. The molecule has 166 valence electrons. The van der Waals surface area contributed by atoms with Crippen LogP contribution in [0.2, 0.25) is 0 Å². The number of amides is 1. The number of thiazole rings is 1. The number of hydrogen-bond donors (Lipinski definition) is 3. The third-order valence-corrected chi connectivity index (χ3v) is 4.65. The van der Waals surface area contributed by atoms with E-state index < -0.39 is 11.7 Å². The number of alkyl carbamates (subject to hydrolysis) is 1. The smallest absolute Gasteiger partial charge is 0.408 e. The second kappa shape index (κ2) is 12.7. The van der Waals surface area contributed by atoms with Gasteiger partial charge in [0.15, 0.2) is 5.96 Å². The number of aliphatic imine (C=N–C) groups is 1. The minimum atomic E-state index is -0.555. The number of carbonyl (C=O) groups is 1. The molecule has 3 N–H and O–H groups in total. The van der Waals surface area contributed by atoms with E-state index in [1.165, 1.54) is 4.88 Å². The molecule has 9 heteroatoms. The van der Waals surface area contributed by atoms with Crippen molar-refractivity contribution >= 4 is 47.4 Å². The maximum atomic E-state index is 12.3. The highest BCUT2D eigenvalue weighted by molar-refractivity contribution is 14.0. The summed E-state index contributed by atoms with van der Waals surface area (Å²) >= 11 is 1.64. The van der Waals surface area contributed by atoms with Crippen LogP contribution >= 0.6 is 35.3 Å². The van der Waals surface area contributed by atoms with Crippen molar-refractivity contribution in [3.63, 3.8) is 0 Å². The van der Waals surface area contributed by atoms with Gasteiger partial charge in [0.2, 0.25) is 0 Å². The molecule has 0 aliphatic heterocycles. The molecule has 1 unspecified atom stereocenters. The molecule has 1 aromatic carbocycles. The Labute approximate surface area is 200 Å². The Morgan fingerprint density at radius 1 is 1.23 bits per heavy atom. The Bertz CT molecular complexity index is 805. The summed E-state index contributed by atoms with van der Waals surface area (Å²) in [4.78, 5) is 22.4. The van der Waals surface area contributed by atoms with Crippen LogP contribution in [0.15, 0.2) is 41.5 Å². The molecule has 0 radical (unpaired) electrons. The molecule has 0 saturated heterocycles. The third-order valence-electron chi connectivity index (χ3n) is 3.75. The Morgan fingerprint density at radius 2 is 1.93 bits per heavy atom. The lowest BCUT2D eigenvalue weighted by molar-refractivity contribution is 0.0504. The number of rotatable bonds is 7. The summed E-state index contributed by atoms with van der Waals surface area (Å²) in [6.07, 6.45) is 1.40. The highest BCUT2D eigenvalue weighted by Crippen LogP contribution is 2.14. The molecule has 0 fully saturated rings. The lowest BCUT2D eigenvalue weighted by Gasteiger charge is -2.24. The van der Waals surface area contributed by atoms with Crippen molar-refractivity contribution in [3.8, 4) is 0 Å². The number of ether oxygens (including phenoxy) is 1. The van der Waals surface area contributed by atoms with Crippen LogP contribution in [0.4, 0.5) is 4.79 Å². The molecule has 2 rings (SSSR count). The normalized spacial score (nSPS) is 12.5. The molecule has 1 amide bonds. The van der Waals surface area contributed by atoms with E-state index in [1.54, 1.807) is 11.3 Å². The van der Waals surface area contributed by atoms with Crippen molar-refractivity contribution in [3.05, 3.63) is 52.0 Å². The SMILES string of the molecule is CCNC(=NCc1ncc(C)s1)NCC(NC(=O)OC(C)(C)C)c1ccccc1.I. The van der Waals surface area contributed by atoms with Gasteiger partial charge in [0, 0.05) is 24.2 Å². The van der Waals surface area contributed by atoms with E-state index in [2.05, 4.69) is 25.9 Å². The summed E-state index contributed by atoms with van der Waals surface area (Å²) in [5.74, 6) is 0.673. The van der Waals surface area contributed by atoms with Crippen molar-refractivity contribution in [1.82, 2.24) is 20.9 Å². The van der Waals surface area contributed by atoms with Gasteiger partial charge in [0.05, 0.1) is 12.6 Å². The molecule has 1 atom stereocenters. The third kappa shape index (κ3) is 9.75. The average Bonchev–Trinajstić information content (AvgIpc) is 3.07. The second-order valence-corrected chi connectivity index (χ2v) is 8.87. The molecule has 0 bridgehead atoms. The number of nitrogens with one attached hydrogen (secondary N) is 3. The molecular formula is C21H32IN5O2S. The topological polar surface area (TPSA) is 87.6 Å².